The second-order valence-corrected chi connectivity index (χ2v) is 5.60. The predicted molar refractivity (Wildman–Crippen MR) is 71.7 cm³/mol. The van der Waals surface area contributed by atoms with E-state index in [-0.39, 0.29) is 5.84 Å². The second-order valence-electron chi connectivity index (χ2n) is 3.55. The van der Waals surface area contributed by atoms with Gasteiger partial charge in [-0.3, -0.25) is 5.41 Å². The molecule has 6 heteroatoms. The van der Waals surface area contributed by atoms with Crippen molar-refractivity contribution in [3.05, 3.63) is 40.4 Å². The van der Waals surface area contributed by atoms with Crippen molar-refractivity contribution in [3.8, 4) is 0 Å². The van der Waals surface area contributed by atoms with Crippen molar-refractivity contribution in [2.24, 2.45) is 5.73 Å². The summed E-state index contributed by atoms with van der Waals surface area (Å²) >= 11 is 3.21. The summed E-state index contributed by atoms with van der Waals surface area (Å²) in [4.78, 5) is 0. The van der Waals surface area contributed by atoms with Crippen LogP contribution < -0.4 is 5.73 Å². The lowest BCUT2D eigenvalue weighted by atomic mass is 10.1. The minimum absolute atomic E-state index is 0.108. The monoisotopic (exact) mass is 264 g/mol. The first kappa shape index (κ1) is 12.1. The van der Waals surface area contributed by atoms with Gasteiger partial charge in [-0.1, -0.05) is 35.2 Å². The Morgan fingerprint density at radius 2 is 2.35 bits per heavy atom. The van der Waals surface area contributed by atoms with Crippen LogP contribution in [0.4, 0.5) is 0 Å². The predicted octanol–water partition coefficient (Wildman–Crippen LogP) is 2.42. The van der Waals surface area contributed by atoms with Gasteiger partial charge in [0.25, 0.3) is 0 Å². The molecule has 0 spiro atoms. The molecule has 0 unspecified atom stereocenters. The van der Waals surface area contributed by atoms with Crippen LogP contribution in [0.3, 0.4) is 0 Å². The van der Waals surface area contributed by atoms with Crippen molar-refractivity contribution in [3.63, 3.8) is 0 Å². The van der Waals surface area contributed by atoms with Gasteiger partial charge in [0.1, 0.15) is 11.3 Å². The highest BCUT2D eigenvalue weighted by Crippen LogP contribution is 2.25. The SMILES string of the molecule is Cc1cc(C(=N)N)ccc1CSc1nncs1. The molecule has 0 saturated carbocycles. The van der Waals surface area contributed by atoms with Gasteiger partial charge in [0.15, 0.2) is 4.34 Å². The van der Waals surface area contributed by atoms with Crippen LogP contribution in [0.2, 0.25) is 0 Å². The number of nitrogens with two attached hydrogens (primary N) is 1. The zero-order chi connectivity index (χ0) is 12.3. The molecule has 0 radical (unpaired) electrons. The molecule has 88 valence electrons. The van der Waals surface area contributed by atoms with Crippen LogP contribution in [-0.2, 0) is 5.75 Å². The average Bonchev–Trinajstić information content (AvgIpc) is 2.80. The third kappa shape index (κ3) is 3.04. The molecule has 1 heterocycles. The van der Waals surface area contributed by atoms with E-state index in [1.165, 1.54) is 5.56 Å². The van der Waals surface area contributed by atoms with Crippen LogP contribution >= 0.6 is 23.1 Å². The topological polar surface area (TPSA) is 75.7 Å². The summed E-state index contributed by atoms with van der Waals surface area (Å²) in [5, 5.41) is 15.2. The highest BCUT2D eigenvalue weighted by Gasteiger charge is 2.04. The van der Waals surface area contributed by atoms with Gasteiger partial charge in [0, 0.05) is 11.3 Å². The van der Waals surface area contributed by atoms with Crippen molar-refractivity contribution in [1.82, 2.24) is 10.2 Å². The number of hydrogen-bond donors (Lipinski definition) is 2. The summed E-state index contributed by atoms with van der Waals surface area (Å²) in [7, 11) is 0. The molecule has 4 nitrogen and oxygen atoms in total. The smallest absolute Gasteiger partial charge is 0.174 e. The van der Waals surface area contributed by atoms with E-state index in [9.17, 15) is 0 Å². The van der Waals surface area contributed by atoms with Gasteiger partial charge >= 0.3 is 0 Å². The molecule has 1 aromatic heterocycles. The zero-order valence-corrected chi connectivity index (χ0v) is 10.9. The lowest BCUT2D eigenvalue weighted by Gasteiger charge is -2.06. The Balaban J connectivity index is 2.09. The number of aromatic nitrogens is 2. The lowest BCUT2D eigenvalue weighted by molar-refractivity contribution is 1.01. The van der Waals surface area contributed by atoms with E-state index in [4.69, 9.17) is 11.1 Å². The summed E-state index contributed by atoms with van der Waals surface area (Å²) in [6.07, 6.45) is 0. The van der Waals surface area contributed by atoms with Crippen LogP contribution in [0, 0.1) is 12.3 Å². The van der Waals surface area contributed by atoms with Crippen LogP contribution in [0.25, 0.3) is 0 Å². The molecule has 0 aliphatic rings. The van der Waals surface area contributed by atoms with E-state index in [1.54, 1.807) is 28.6 Å². The van der Waals surface area contributed by atoms with Gasteiger partial charge in [-0.25, -0.2) is 0 Å². The highest BCUT2D eigenvalue weighted by atomic mass is 32.2. The number of nitrogens with zero attached hydrogens (tertiary/aromatic N) is 2. The molecule has 0 saturated heterocycles. The average molecular weight is 264 g/mol. The number of amidine groups is 1. The van der Waals surface area contributed by atoms with E-state index < -0.39 is 0 Å². The summed E-state index contributed by atoms with van der Waals surface area (Å²) < 4.78 is 0.972. The molecule has 2 aromatic rings. The lowest BCUT2D eigenvalue weighted by Crippen LogP contribution is -2.11. The number of hydrogen-bond acceptors (Lipinski definition) is 5. The fourth-order valence-corrected chi connectivity index (χ4v) is 2.96. The molecular formula is C11H12N4S2. The molecular weight excluding hydrogens is 252 g/mol. The molecule has 0 bridgehead atoms. The van der Waals surface area contributed by atoms with Gasteiger partial charge in [-0.2, -0.15) is 0 Å². The van der Waals surface area contributed by atoms with Gasteiger partial charge in [0.2, 0.25) is 0 Å². The molecule has 0 atom stereocenters. The summed E-state index contributed by atoms with van der Waals surface area (Å²) in [6.45, 7) is 2.03. The van der Waals surface area contributed by atoms with Crippen LogP contribution in [0.5, 0.6) is 0 Å². The molecule has 0 fully saturated rings. The van der Waals surface area contributed by atoms with E-state index in [0.29, 0.717) is 0 Å². The van der Waals surface area contributed by atoms with Crippen molar-refractivity contribution in [2.45, 2.75) is 17.0 Å². The third-order valence-corrected chi connectivity index (χ3v) is 4.25. The maximum atomic E-state index is 7.37. The maximum absolute atomic E-state index is 7.37. The van der Waals surface area contributed by atoms with E-state index in [1.807, 2.05) is 25.1 Å². The number of thioether (sulfide) groups is 1. The van der Waals surface area contributed by atoms with Gasteiger partial charge in [-0.15, -0.1) is 10.2 Å². The second kappa shape index (κ2) is 5.29. The third-order valence-electron chi connectivity index (χ3n) is 2.34. The maximum Gasteiger partial charge on any atom is 0.174 e. The van der Waals surface area contributed by atoms with Gasteiger partial charge in [0.05, 0.1) is 0 Å². The van der Waals surface area contributed by atoms with Crippen molar-refractivity contribution < 1.29 is 0 Å². The highest BCUT2D eigenvalue weighted by molar-refractivity contribution is 8.00. The molecule has 3 N–H and O–H groups in total. The Bertz CT molecular complexity index is 522. The Labute approximate surface area is 108 Å². The number of nitrogen functional groups attached to an aromatic ring is 1. The van der Waals surface area contributed by atoms with E-state index in [0.717, 1.165) is 21.2 Å². The van der Waals surface area contributed by atoms with E-state index in [2.05, 4.69) is 10.2 Å². The van der Waals surface area contributed by atoms with Crippen molar-refractivity contribution in [2.75, 3.05) is 0 Å². The first-order chi connectivity index (χ1) is 8.16. The van der Waals surface area contributed by atoms with Gasteiger partial charge < -0.3 is 5.73 Å². The fraction of sp³-hybridized carbons (Fsp3) is 0.182. The zero-order valence-electron chi connectivity index (χ0n) is 9.30. The molecule has 17 heavy (non-hydrogen) atoms. The standard InChI is InChI=1S/C11H12N4S2/c1-7-4-8(10(12)13)2-3-9(7)5-16-11-15-14-6-17-11/h2-4,6H,5H2,1H3,(H3,12,13). The first-order valence-electron chi connectivity index (χ1n) is 4.99. The van der Waals surface area contributed by atoms with Crippen molar-refractivity contribution >= 4 is 28.9 Å². The quantitative estimate of drug-likeness (QED) is 0.505. The normalized spacial score (nSPS) is 10.4. The van der Waals surface area contributed by atoms with Crippen LogP contribution in [0.15, 0.2) is 28.0 Å². The van der Waals surface area contributed by atoms with Crippen molar-refractivity contribution in [1.29, 1.82) is 5.41 Å². The molecule has 0 amide bonds. The Morgan fingerprint density at radius 1 is 1.53 bits per heavy atom. The first-order valence-corrected chi connectivity index (χ1v) is 6.86. The Hall–Kier alpha value is -1.40. The summed E-state index contributed by atoms with van der Waals surface area (Å²) in [5.74, 6) is 0.968. The van der Waals surface area contributed by atoms with Crippen LogP contribution in [-0.4, -0.2) is 16.0 Å². The minimum atomic E-state index is 0.108. The summed E-state index contributed by atoms with van der Waals surface area (Å²) in [5.41, 5.74) is 10.3. The number of benzene rings is 1. The summed E-state index contributed by atoms with van der Waals surface area (Å²) in [6, 6.07) is 5.84. The number of nitrogens with one attached hydrogen (secondary N) is 1. The Kier molecular flexibility index (Phi) is 3.75. The molecule has 2 rings (SSSR count). The van der Waals surface area contributed by atoms with Gasteiger partial charge in [-0.05, 0) is 24.1 Å². The largest absolute Gasteiger partial charge is 0.384 e. The Morgan fingerprint density at radius 3 is 2.94 bits per heavy atom. The fourth-order valence-electron chi connectivity index (χ4n) is 1.39. The number of rotatable bonds is 4. The van der Waals surface area contributed by atoms with E-state index >= 15 is 0 Å². The number of aryl methyl sites for hydroxylation is 1. The molecule has 1 aromatic carbocycles. The van der Waals surface area contributed by atoms with Crippen LogP contribution in [0.1, 0.15) is 16.7 Å². The molecule has 0 aliphatic carbocycles. The minimum Gasteiger partial charge on any atom is -0.384 e. The molecule has 0 aliphatic heterocycles.